The summed E-state index contributed by atoms with van der Waals surface area (Å²) in [5.74, 6) is 0.349. The second kappa shape index (κ2) is 6.28. The van der Waals surface area contributed by atoms with Gasteiger partial charge in [-0.05, 0) is 49.1 Å². The Hall–Kier alpha value is -1.96. The van der Waals surface area contributed by atoms with Crippen LogP contribution in [0.1, 0.15) is 24.5 Å². The highest BCUT2D eigenvalue weighted by molar-refractivity contribution is 5.51. The van der Waals surface area contributed by atoms with E-state index in [0.717, 1.165) is 24.1 Å². The van der Waals surface area contributed by atoms with Gasteiger partial charge in [-0.15, -0.1) is 0 Å². The van der Waals surface area contributed by atoms with Gasteiger partial charge in [0.15, 0.2) is 0 Å². The van der Waals surface area contributed by atoms with Crippen molar-refractivity contribution in [3.8, 4) is 5.75 Å². The van der Waals surface area contributed by atoms with Crippen molar-refractivity contribution in [1.29, 1.82) is 0 Å². The Kier molecular flexibility index (Phi) is 4.45. The number of anilines is 1. The van der Waals surface area contributed by atoms with Crippen molar-refractivity contribution in [3.05, 3.63) is 59.7 Å². The molecular formula is C17H21NO. The number of benzene rings is 2. The lowest BCUT2D eigenvalue weighted by molar-refractivity contribution is 0.471. The van der Waals surface area contributed by atoms with Crippen LogP contribution in [0.15, 0.2) is 48.5 Å². The fourth-order valence-corrected chi connectivity index (χ4v) is 2.18. The van der Waals surface area contributed by atoms with Gasteiger partial charge in [-0.2, -0.15) is 0 Å². The quantitative estimate of drug-likeness (QED) is 0.787. The standard InChI is InChI=1S/C17H21NO/c1-3-15(12-14-7-5-4-6-8-14)18-16-9-10-17(19)13(2)11-16/h4-11,15,18-19H,3,12H2,1-2H3. The summed E-state index contributed by atoms with van der Waals surface area (Å²) < 4.78 is 0. The van der Waals surface area contributed by atoms with Crippen LogP contribution in [-0.2, 0) is 6.42 Å². The van der Waals surface area contributed by atoms with Gasteiger partial charge >= 0.3 is 0 Å². The zero-order chi connectivity index (χ0) is 13.7. The number of aromatic hydroxyl groups is 1. The van der Waals surface area contributed by atoms with E-state index in [1.807, 2.05) is 25.1 Å². The summed E-state index contributed by atoms with van der Waals surface area (Å²) in [6.45, 7) is 4.10. The van der Waals surface area contributed by atoms with Crippen molar-refractivity contribution in [2.75, 3.05) is 5.32 Å². The van der Waals surface area contributed by atoms with Gasteiger partial charge in [0, 0.05) is 11.7 Å². The summed E-state index contributed by atoms with van der Waals surface area (Å²) in [5.41, 5.74) is 3.31. The molecule has 0 spiro atoms. The molecule has 0 amide bonds. The number of nitrogens with one attached hydrogen (secondary N) is 1. The molecule has 0 aliphatic carbocycles. The fourth-order valence-electron chi connectivity index (χ4n) is 2.18. The van der Waals surface area contributed by atoms with E-state index in [4.69, 9.17) is 0 Å². The predicted octanol–water partition coefficient (Wildman–Crippen LogP) is 4.13. The molecular weight excluding hydrogens is 234 g/mol. The van der Waals surface area contributed by atoms with Crippen LogP contribution in [0.5, 0.6) is 5.75 Å². The summed E-state index contributed by atoms with van der Waals surface area (Å²) in [7, 11) is 0. The largest absolute Gasteiger partial charge is 0.508 e. The summed E-state index contributed by atoms with van der Waals surface area (Å²) in [6.07, 6.45) is 2.08. The predicted molar refractivity (Wildman–Crippen MR) is 80.7 cm³/mol. The Morgan fingerprint density at radius 3 is 2.47 bits per heavy atom. The van der Waals surface area contributed by atoms with Gasteiger partial charge in [0.2, 0.25) is 0 Å². The summed E-state index contributed by atoms with van der Waals surface area (Å²) in [4.78, 5) is 0. The normalized spacial score (nSPS) is 12.1. The van der Waals surface area contributed by atoms with E-state index >= 15 is 0 Å². The first-order valence-electron chi connectivity index (χ1n) is 6.79. The lowest BCUT2D eigenvalue weighted by atomic mass is 10.0. The number of hydrogen-bond acceptors (Lipinski definition) is 2. The van der Waals surface area contributed by atoms with Crippen LogP contribution in [0.25, 0.3) is 0 Å². The summed E-state index contributed by atoms with van der Waals surface area (Å²) in [5, 5.41) is 13.1. The van der Waals surface area contributed by atoms with E-state index in [1.165, 1.54) is 5.56 Å². The molecule has 0 saturated heterocycles. The van der Waals surface area contributed by atoms with E-state index in [2.05, 4.69) is 36.5 Å². The monoisotopic (exact) mass is 255 g/mol. The van der Waals surface area contributed by atoms with E-state index in [-0.39, 0.29) is 0 Å². The SMILES string of the molecule is CCC(Cc1ccccc1)Nc1ccc(O)c(C)c1. The third kappa shape index (κ3) is 3.75. The van der Waals surface area contributed by atoms with Crippen LogP contribution in [-0.4, -0.2) is 11.1 Å². The molecule has 2 aromatic rings. The third-order valence-electron chi connectivity index (χ3n) is 3.39. The molecule has 0 aliphatic rings. The molecule has 100 valence electrons. The lowest BCUT2D eigenvalue weighted by Gasteiger charge is -2.19. The number of aryl methyl sites for hydroxylation is 1. The number of hydrogen-bond donors (Lipinski definition) is 2. The molecule has 1 atom stereocenters. The van der Waals surface area contributed by atoms with Crippen LogP contribution >= 0.6 is 0 Å². The minimum absolute atomic E-state index is 0.349. The molecule has 0 fully saturated rings. The lowest BCUT2D eigenvalue weighted by Crippen LogP contribution is -2.21. The van der Waals surface area contributed by atoms with Crippen molar-refractivity contribution < 1.29 is 5.11 Å². The molecule has 2 aromatic carbocycles. The van der Waals surface area contributed by atoms with Crippen LogP contribution in [0.4, 0.5) is 5.69 Å². The zero-order valence-electron chi connectivity index (χ0n) is 11.6. The zero-order valence-corrected chi connectivity index (χ0v) is 11.6. The van der Waals surface area contributed by atoms with Crippen LogP contribution in [0.2, 0.25) is 0 Å². The molecule has 2 heteroatoms. The number of phenols is 1. The van der Waals surface area contributed by atoms with Crippen molar-refractivity contribution in [2.45, 2.75) is 32.7 Å². The molecule has 19 heavy (non-hydrogen) atoms. The first-order chi connectivity index (χ1) is 9.19. The van der Waals surface area contributed by atoms with Gasteiger partial charge in [0.05, 0.1) is 0 Å². The second-order valence-corrected chi connectivity index (χ2v) is 4.94. The summed E-state index contributed by atoms with van der Waals surface area (Å²) >= 11 is 0. The molecule has 0 heterocycles. The Bertz CT molecular complexity index is 522. The Labute approximate surface area is 115 Å². The number of rotatable bonds is 5. The van der Waals surface area contributed by atoms with Crippen molar-refractivity contribution in [3.63, 3.8) is 0 Å². The molecule has 0 radical (unpaired) electrons. The van der Waals surface area contributed by atoms with Gasteiger partial charge in [0.25, 0.3) is 0 Å². The van der Waals surface area contributed by atoms with E-state index in [0.29, 0.717) is 11.8 Å². The Morgan fingerprint density at radius 1 is 1.11 bits per heavy atom. The van der Waals surface area contributed by atoms with E-state index < -0.39 is 0 Å². The van der Waals surface area contributed by atoms with E-state index in [1.54, 1.807) is 6.07 Å². The molecule has 1 unspecified atom stereocenters. The van der Waals surface area contributed by atoms with Gasteiger partial charge in [0.1, 0.15) is 5.75 Å². The van der Waals surface area contributed by atoms with Crippen LogP contribution < -0.4 is 5.32 Å². The van der Waals surface area contributed by atoms with Gasteiger partial charge < -0.3 is 10.4 Å². The Morgan fingerprint density at radius 2 is 1.84 bits per heavy atom. The molecule has 2 rings (SSSR count). The topological polar surface area (TPSA) is 32.3 Å². The maximum absolute atomic E-state index is 9.54. The average molecular weight is 255 g/mol. The van der Waals surface area contributed by atoms with Gasteiger partial charge in [-0.1, -0.05) is 37.3 Å². The van der Waals surface area contributed by atoms with Crippen LogP contribution in [0, 0.1) is 6.92 Å². The Balaban J connectivity index is 2.04. The molecule has 2 N–H and O–H groups in total. The highest BCUT2D eigenvalue weighted by Gasteiger charge is 2.08. The molecule has 0 bridgehead atoms. The molecule has 0 aliphatic heterocycles. The molecule has 0 saturated carbocycles. The van der Waals surface area contributed by atoms with Gasteiger partial charge in [-0.3, -0.25) is 0 Å². The van der Waals surface area contributed by atoms with Crippen molar-refractivity contribution in [2.24, 2.45) is 0 Å². The minimum atomic E-state index is 0.349. The smallest absolute Gasteiger partial charge is 0.118 e. The third-order valence-corrected chi connectivity index (χ3v) is 3.39. The maximum atomic E-state index is 9.54. The first kappa shape index (κ1) is 13.5. The fraction of sp³-hybridized carbons (Fsp3) is 0.294. The van der Waals surface area contributed by atoms with Crippen LogP contribution in [0.3, 0.4) is 0 Å². The maximum Gasteiger partial charge on any atom is 0.118 e. The van der Waals surface area contributed by atoms with E-state index in [9.17, 15) is 5.11 Å². The first-order valence-corrected chi connectivity index (χ1v) is 6.79. The number of phenolic OH excluding ortho intramolecular Hbond substituents is 1. The molecule has 2 nitrogen and oxygen atoms in total. The molecule has 0 aromatic heterocycles. The van der Waals surface area contributed by atoms with Crippen molar-refractivity contribution in [1.82, 2.24) is 0 Å². The second-order valence-electron chi connectivity index (χ2n) is 4.94. The highest BCUT2D eigenvalue weighted by Crippen LogP contribution is 2.21. The minimum Gasteiger partial charge on any atom is -0.508 e. The van der Waals surface area contributed by atoms with Gasteiger partial charge in [-0.25, -0.2) is 0 Å². The highest BCUT2D eigenvalue weighted by atomic mass is 16.3. The average Bonchev–Trinajstić information content (AvgIpc) is 2.43. The summed E-state index contributed by atoms with van der Waals surface area (Å²) in [6, 6.07) is 16.6. The van der Waals surface area contributed by atoms with Crippen molar-refractivity contribution >= 4 is 5.69 Å².